The molecule has 128 valence electrons. The van der Waals surface area contributed by atoms with Gasteiger partial charge in [-0.3, -0.25) is 9.59 Å². The predicted molar refractivity (Wildman–Crippen MR) is 80.2 cm³/mol. The minimum absolute atomic E-state index is 0.0251. The maximum absolute atomic E-state index is 11.6. The molecule has 1 N–H and O–H groups in total. The summed E-state index contributed by atoms with van der Waals surface area (Å²) in [6.07, 6.45) is 1.86. The first kappa shape index (κ1) is 18.9. The van der Waals surface area contributed by atoms with E-state index in [1.54, 1.807) is 13.8 Å². The highest BCUT2D eigenvalue weighted by atomic mass is 16.6. The van der Waals surface area contributed by atoms with Crippen molar-refractivity contribution in [2.45, 2.75) is 58.0 Å². The highest BCUT2D eigenvalue weighted by molar-refractivity contribution is 5.82. The first-order chi connectivity index (χ1) is 10.8. The van der Waals surface area contributed by atoms with E-state index in [2.05, 4.69) is 0 Å². The van der Waals surface area contributed by atoms with Crippen LogP contribution in [-0.2, 0) is 28.6 Å². The molecule has 1 aliphatic heterocycles. The van der Waals surface area contributed by atoms with Crippen molar-refractivity contribution < 1.29 is 33.7 Å². The molecular formula is C16H22O7. The van der Waals surface area contributed by atoms with Crippen molar-refractivity contribution >= 4 is 17.9 Å². The Labute approximate surface area is 134 Å². The first-order valence-corrected chi connectivity index (χ1v) is 7.40. The third-order valence-electron chi connectivity index (χ3n) is 3.11. The van der Waals surface area contributed by atoms with Crippen molar-refractivity contribution in [3.8, 4) is 0 Å². The van der Waals surface area contributed by atoms with Crippen LogP contribution in [0.1, 0.15) is 33.6 Å². The number of hydrogen-bond acceptors (Lipinski definition) is 7. The lowest BCUT2D eigenvalue weighted by atomic mass is 10.0. The van der Waals surface area contributed by atoms with Gasteiger partial charge in [-0.05, 0) is 32.4 Å². The Balaban J connectivity index is 3.01. The topological polar surface area (TPSA) is 99.1 Å². The van der Waals surface area contributed by atoms with Gasteiger partial charge < -0.3 is 19.3 Å². The fraction of sp³-hybridized carbons (Fsp3) is 0.562. The van der Waals surface area contributed by atoms with Crippen LogP contribution in [0.3, 0.4) is 0 Å². The molecule has 4 unspecified atom stereocenters. The minimum Gasteiger partial charge on any atom is -0.460 e. The van der Waals surface area contributed by atoms with E-state index in [9.17, 15) is 19.5 Å². The standard InChI is InChI=1S/C16H22O7/c1-4-5-14(18)23-13-7-6-10(2)21-15(19)9-8-12(16(13)20)22-11(3)17/h4-7,10,12-13,16,20H,8-9H2,1-3H3/b5-4+,7-6-. The summed E-state index contributed by atoms with van der Waals surface area (Å²) in [7, 11) is 0. The Hall–Kier alpha value is -2.15. The smallest absolute Gasteiger partial charge is 0.331 e. The van der Waals surface area contributed by atoms with E-state index in [1.165, 1.54) is 31.2 Å². The molecule has 1 heterocycles. The second-order valence-corrected chi connectivity index (χ2v) is 5.16. The molecule has 1 rings (SSSR count). The van der Waals surface area contributed by atoms with Gasteiger partial charge in [0.15, 0.2) is 0 Å². The second kappa shape index (κ2) is 9.09. The van der Waals surface area contributed by atoms with E-state index in [1.807, 2.05) is 0 Å². The molecule has 0 amide bonds. The average molecular weight is 326 g/mol. The normalized spacial score (nSPS) is 30.3. The molecule has 7 heteroatoms. The second-order valence-electron chi connectivity index (χ2n) is 5.16. The van der Waals surface area contributed by atoms with Gasteiger partial charge in [0.25, 0.3) is 0 Å². The van der Waals surface area contributed by atoms with Crippen LogP contribution >= 0.6 is 0 Å². The average Bonchev–Trinajstić information content (AvgIpc) is 2.46. The van der Waals surface area contributed by atoms with Crippen molar-refractivity contribution in [3.05, 3.63) is 24.3 Å². The molecule has 0 aromatic rings. The van der Waals surface area contributed by atoms with Crippen molar-refractivity contribution in [3.63, 3.8) is 0 Å². The third kappa shape index (κ3) is 6.65. The van der Waals surface area contributed by atoms with Crippen LogP contribution in [0.4, 0.5) is 0 Å². The summed E-state index contributed by atoms with van der Waals surface area (Å²) in [4.78, 5) is 34.4. The van der Waals surface area contributed by atoms with Crippen LogP contribution < -0.4 is 0 Å². The van der Waals surface area contributed by atoms with Crippen molar-refractivity contribution in [1.82, 2.24) is 0 Å². The Bertz CT molecular complexity index is 495. The molecular weight excluding hydrogens is 304 g/mol. The summed E-state index contributed by atoms with van der Waals surface area (Å²) in [5.41, 5.74) is 0. The number of aliphatic hydroxyl groups excluding tert-OH is 1. The highest BCUT2D eigenvalue weighted by Crippen LogP contribution is 2.18. The van der Waals surface area contributed by atoms with Crippen LogP contribution in [-0.4, -0.2) is 47.4 Å². The maximum atomic E-state index is 11.6. The van der Waals surface area contributed by atoms with Crippen LogP contribution in [0, 0.1) is 0 Å². The summed E-state index contributed by atoms with van der Waals surface area (Å²) in [5.74, 6) is -1.70. The number of allylic oxidation sites excluding steroid dienone is 1. The number of aliphatic hydroxyl groups is 1. The third-order valence-corrected chi connectivity index (χ3v) is 3.11. The molecule has 0 fully saturated rings. The van der Waals surface area contributed by atoms with Gasteiger partial charge in [0.2, 0.25) is 0 Å². The van der Waals surface area contributed by atoms with Crippen LogP contribution in [0.25, 0.3) is 0 Å². The van der Waals surface area contributed by atoms with Crippen molar-refractivity contribution in [1.29, 1.82) is 0 Å². The monoisotopic (exact) mass is 326 g/mol. The summed E-state index contributed by atoms with van der Waals surface area (Å²) in [5, 5.41) is 10.4. The van der Waals surface area contributed by atoms with Gasteiger partial charge >= 0.3 is 17.9 Å². The van der Waals surface area contributed by atoms with Crippen LogP contribution in [0.15, 0.2) is 24.3 Å². The van der Waals surface area contributed by atoms with Gasteiger partial charge in [0.05, 0.1) is 0 Å². The lowest BCUT2D eigenvalue weighted by Gasteiger charge is -2.28. The van der Waals surface area contributed by atoms with Gasteiger partial charge in [0, 0.05) is 19.4 Å². The lowest BCUT2D eigenvalue weighted by molar-refractivity contribution is -0.165. The Morgan fingerprint density at radius 2 is 2.04 bits per heavy atom. The van der Waals surface area contributed by atoms with Gasteiger partial charge in [-0.25, -0.2) is 4.79 Å². The number of carbonyl (C=O) groups excluding carboxylic acids is 3. The number of carbonyl (C=O) groups is 3. The van der Waals surface area contributed by atoms with Crippen LogP contribution in [0.5, 0.6) is 0 Å². The molecule has 0 aromatic carbocycles. The zero-order valence-corrected chi connectivity index (χ0v) is 13.4. The number of ether oxygens (including phenoxy) is 3. The SMILES string of the molecule is C/C=C/C(=O)OC1/C=C\C(C)OC(=O)CCC(OC(C)=O)C1O. The van der Waals surface area contributed by atoms with E-state index in [-0.39, 0.29) is 12.8 Å². The number of hydrogen-bond donors (Lipinski definition) is 1. The highest BCUT2D eigenvalue weighted by Gasteiger charge is 2.32. The van der Waals surface area contributed by atoms with E-state index in [4.69, 9.17) is 14.2 Å². The first-order valence-electron chi connectivity index (χ1n) is 7.40. The van der Waals surface area contributed by atoms with E-state index < -0.39 is 42.3 Å². The lowest BCUT2D eigenvalue weighted by Crippen LogP contribution is -2.42. The molecule has 0 saturated heterocycles. The zero-order valence-electron chi connectivity index (χ0n) is 13.4. The predicted octanol–water partition coefficient (Wildman–Crippen LogP) is 1.05. The van der Waals surface area contributed by atoms with E-state index >= 15 is 0 Å². The molecule has 0 bridgehead atoms. The Kier molecular flexibility index (Phi) is 7.47. The fourth-order valence-corrected chi connectivity index (χ4v) is 2.09. The largest absolute Gasteiger partial charge is 0.460 e. The summed E-state index contributed by atoms with van der Waals surface area (Å²) < 4.78 is 15.3. The summed E-state index contributed by atoms with van der Waals surface area (Å²) in [6, 6.07) is 0. The number of cyclic esters (lactones) is 1. The summed E-state index contributed by atoms with van der Waals surface area (Å²) >= 11 is 0. The molecule has 7 nitrogen and oxygen atoms in total. The fourth-order valence-electron chi connectivity index (χ4n) is 2.09. The van der Waals surface area contributed by atoms with Crippen molar-refractivity contribution in [2.75, 3.05) is 0 Å². The molecule has 4 atom stereocenters. The van der Waals surface area contributed by atoms with Gasteiger partial charge in [-0.2, -0.15) is 0 Å². The molecule has 0 aliphatic carbocycles. The zero-order chi connectivity index (χ0) is 17.4. The molecule has 23 heavy (non-hydrogen) atoms. The Morgan fingerprint density at radius 3 is 2.65 bits per heavy atom. The maximum Gasteiger partial charge on any atom is 0.331 e. The summed E-state index contributed by atoms with van der Waals surface area (Å²) in [6.45, 7) is 4.50. The van der Waals surface area contributed by atoms with Crippen molar-refractivity contribution in [2.24, 2.45) is 0 Å². The molecule has 0 spiro atoms. The van der Waals surface area contributed by atoms with Gasteiger partial charge in [-0.1, -0.05) is 6.08 Å². The number of rotatable bonds is 3. The molecule has 0 radical (unpaired) electrons. The minimum atomic E-state index is -1.29. The van der Waals surface area contributed by atoms with Crippen LogP contribution in [0.2, 0.25) is 0 Å². The van der Waals surface area contributed by atoms with Gasteiger partial charge in [-0.15, -0.1) is 0 Å². The molecule has 0 saturated carbocycles. The number of esters is 3. The van der Waals surface area contributed by atoms with E-state index in [0.717, 1.165) is 0 Å². The Morgan fingerprint density at radius 1 is 1.35 bits per heavy atom. The molecule has 1 aliphatic rings. The molecule has 0 aromatic heterocycles. The van der Waals surface area contributed by atoms with Gasteiger partial charge in [0.1, 0.15) is 24.4 Å². The van der Waals surface area contributed by atoms with E-state index in [0.29, 0.717) is 0 Å². The quantitative estimate of drug-likeness (QED) is 0.358.